The van der Waals surface area contributed by atoms with Crippen LogP contribution in [-0.4, -0.2) is 5.78 Å². The normalized spacial score (nSPS) is 24.1. The van der Waals surface area contributed by atoms with Gasteiger partial charge in [0.05, 0.1) is 0 Å². The van der Waals surface area contributed by atoms with Crippen LogP contribution in [0.5, 0.6) is 0 Å². The van der Waals surface area contributed by atoms with Gasteiger partial charge in [0.2, 0.25) is 0 Å². The summed E-state index contributed by atoms with van der Waals surface area (Å²) in [7, 11) is 0. The molecule has 0 aliphatic heterocycles. The predicted molar refractivity (Wildman–Crippen MR) is 60.3 cm³/mol. The minimum atomic E-state index is 0.428. The van der Waals surface area contributed by atoms with Crippen molar-refractivity contribution in [3.05, 3.63) is 0 Å². The van der Waals surface area contributed by atoms with Gasteiger partial charge in [-0.05, 0) is 25.2 Å². The standard InChI is InChI=1S/C13H24O/c1-3-5-7-11(4-2)10-12-8-6-9-13(12)14/h11-12H,3-10H2,1-2H3. The number of ketones is 1. The Balaban J connectivity index is 2.28. The van der Waals surface area contributed by atoms with E-state index in [1.54, 1.807) is 0 Å². The molecule has 0 aromatic heterocycles. The number of Topliss-reactive ketones (excluding diaryl/α,β-unsaturated/α-hetero) is 1. The summed E-state index contributed by atoms with van der Waals surface area (Å²) in [5.41, 5.74) is 0. The molecule has 1 heteroatoms. The van der Waals surface area contributed by atoms with Crippen molar-refractivity contribution < 1.29 is 4.79 Å². The maximum absolute atomic E-state index is 11.5. The Labute approximate surface area is 88.3 Å². The van der Waals surface area contributed by atoms with E-state index in [4.69, 9.17) is 0 Å². The van der Waals surface area contributed by atoms with Crippen LogP contribution in [0.2, 0.25) is 0 Å². The van der Waals surface area contributed by atoms with Gasteiger partial charge in [-0.25, -0.2) is 0 Å². The number of carbonyl (C=O) groups is 1. The number of hydrogen-bond acceptors (Lipinski definition) is 1. The average Bonchev–Trinajstić information content (AvgIpc) is 2.59. The highest BCUT2D eigenvalue weighted by atomic mass is 16.1. The fourth-order valence-corrected chi connectivity index (χ4v) is 2.52. The average molecular weight is 196 g/mol. The molecule has 0 aromatic rings. The predicted octanol–water partition coefficient (Wildman–Crippen LogP) is 3.96. The van der Waals surface area contributed by atoms with E-state index in [0.29, 0.717) is 11.7 Å². The third-order valence-corrected chi connectivity index (χ3v) is 3.59. The van der Waals surface area contributed by atoms with Crippen LogP contribution in [0.15, 0.2) is 0 Å². The molecule has 0 N–H and O–H groups in total. The molecule has 14 heavy (non-hydrogen) atoms. The van der Waals surface area contributed by atoms with Crippen LogP contribution in [0.25, 0.3) is 0 Å². The molecule has 0 bridgehead atoms. The highest BCUT2D eigenvalue weighted by Gasteiger charge is 2.26. The van der Waals surface area contributed by atoms with Crippen LogP contribution in [0.3, 0.4) is 0 Å². The first-order valence-electron chi connectivity index (χ1n) is 6.30. The number of carbonyl (C=O) groups excluding carboxylic acids is 1. The van der Waals surface area contributed by atoms with Crippen molar-refractivity contribution in [3.8, 4) is 0 Å². The van der Waals surface area contributed by atoms with Crippen molar-refractivity contribution in [3.63, 3.8) is 0 Å². The Morgan fingerprint density at radius 3 is 2.71 bits per heavy atom. The summed E-state index contributed by atoms with van der Waals surface area (Å²) in [6.45, 7) is 4.51. The fourth-order valence-electron chi connectivity index (χ4n) is 2.52. The van der Waals surface area contributed by atoms with E-state index in [1.807, 2.05) is 0 Å². The molecule has 0 aromatic carbocycles. The quantitative estimate of drug-likeness (QED) is 0.628. The molecule has 1 aliphatic rings. The SMILES string of the molecule is CCCCC(CC)CC1CCCC1=O. The molecule has 1 nitrogen and oxygen atoms in total. The zero-order valence-corrected chi connectivity index (χ0v) is 9.72. The lowest BCUT2D eigenvalue weighted by Crippen LogP contribution is -2.12. The molecule has 2 unspecified atom stereocenters. The molecule has 1 rings (SSSR count). The van der Waals surface area contributed by atoms with E-state index >= 15 is 0 Å². The van der Waals surface area contributed by atoms with Gasteiger partial charge in [-0.3, -0.25) is 4.79 Å². The van der Waals surface area contributed by atoms with Crippen LogP contribution >= 0.6 is 0 Å². The van der Waals surface area contributed by atoms with E-state index in [9.17, 15) is 4.79 Å². The molecule has 0 spiro atoms. The lowest BCUT2D eigenvalue weighted by molar-refractivity contribution is -0.121. The first kappa shape index (κ1) is 11.7. The van der Waals surface area contributed by atoms with Crippen LogP contribution in [0.1, 0.15) is 65.2 Å². The summed E-state index contributed by atoms with van der Waals surface area (Å²) in [5, 5.41) is 0. The lowest BCUT2D eigenvalue weighted by atomic mass is 9.87. The number of rotatable bonds is 6. The highest BCUT2D eigenvalue weighted by molar-refractivity contribution is 5.82. The van der Waals surface area contributed by atoms with E-state index in [0.717, 1.165) is 18.8 Å². The van der Waals surface area contributed by atoms with Crippen molar-refractivity contribution in [2.24, 2.45) is 11.8 Å². The van der Waals surface area contributed by atoms with Crippen LogP contribution in [0, 0.1) is 11.8 Å². The smallest absolute Gasteiger partial charge is 0.135 e. The van der Waals surface area contributed by atoms with Gasteiger partial charge in [-0.15, -0.1) is 0 Å². The first-order chi connectivity index (χ1) is 6.77. The second-order valence-electron chi connectivity index (χ2n) is 4.71. The van der Waals surface area contributed by atoms with Gasteiger partial charge in [-0.1, -0.05) is 39.5 Å². The van der Waals surface area contributed by atoms with Gasteiger partial charge < -0.3 is 0 Å². The first-order valence-corrected chi connectivity index (χ1v) is 6.30. The van der Waals surface area contributed by atoms with Crippen LogP contribution in [-0.2, 0) is 4.79 Å². The third kappa shape index (κ3) is 3.43. The van der Waals surface area contributed by atoms with Crippen LogP contribution in [0.4, 0.5) is 0 Å². The molecule has 2 atom stereocenters. The van der Waals surface area contributed by atoms with Crippen molar-refractivity contribution >= 4 is 5.78 Å². The third-order valence-electron chi connectivity index (χ3n) is 3.59. The summed E-state index contributed by atoms with van der Waals surface area (Å²) in [6, 6.07) is 0. The monoisotopic (exact) mass is 196 g/mol. The van der Waals surface area contributed by atoms with Crippen LogP contribution < -0.4 is 0 Å². The zero-order chi connectivity index (χ0) is 10.4. The largest absolute Gasteiger partial charge is 0.299 e. The maximum atomic E-state index is 11.5. The highest BCUT2D eigenvalue weighted by Crippen LogP contribution is 2.30. The molecule has 0 radical (unpaired) electrons. The Bertz CT molecular complexity index is 174. The Morgan fingerprint density at radius 1 is 1.43 bits per heavy atom. The van der Waals surface area contributed by atoms with Crippen molar-refractivity contribution in [2.45, 2.75) is 65.2 Å². The minimum Gasteiger partial charge on any atom is -0.299 e. The molecular formula is C13H24O. The lowest BCUT2D eigenvalue weighted by Gasteiger charge is -2.17. The van der Waals surface area contributed by atoms with Crippen molar-refractivity contribution in [1.82, 2.24) is 0 Å². The second-order valence-corrected chi connectivity index (χ2v) is 4.71. The van der Waals surface area contributed by atoms with Gasteiger partial charge in [0, 0.05) is 12.3 Å². The van der Waals surface area contributed by atoms with Gasteiger partial charge in [0.15, 0.2) is 0 Å². The molecule has 0 saturated heterocycles. The molecule has 82 valence electrons. The Kier molecular flexibility index (Phi) is 5.21. The topological polar surface area (TPSA) is 17.1 Å². The molecule has 0 amide bonds. The molecule has 0 heterocycles. The summed E-state index contributed by atoms with van der Waals surface area (Å²) in [6.07, 6.45) is 9.55. The van der Waals surface area contributed by atoms with Crippen molar-refractivity contribution in [2.75, 3.05) is 0 Å². The Morgan fingerprint density at radius 2 is 2.21 bits per heavy atom. The van der Waals surface area contributed by atoms with Crippen molar-refractivity contribution in [1.29, 1.82) is 0 Å². The van der Waals surface area contributed by atoms with E-state index < -0.39 is 0 Å². The second kappa shape index (κ2) is 6.21. The molecule has 1 fully saturated rings. The van der Waals surface area contributed by atoms with E-state index in [2.05, 4.69) is 13.8 Å². The molecule has 1 aliphatic carbocycles. The van der Waals surface area contributed by atoms with Gasteiger partial charge in [-0.2, -0.15) is 0 Å². The van der Waals surface area contributed by atoms with Gasteiger partial charge >= 0.3 is 0 Å². The minimum absolute atomic E-state index is 0.428. The number of hydrogen-bond donors (Lipinski definition) is 0. The molecule has 1 saturated carbocycles. The molecular weight excluding hydrogens is 172 g/mol. The maximum Gasteiger partial charge on any atom is 0.135 e. The fraction of sp³-hybridized carbons (Fsp3) is 0.923. The summed E-state index contributed by atoms with van der Waals surface area (Å²) in [4.78, 5) is 11.5. The van der Waals surface area contributed by atoms with Gasteiger partial charge in [0.25, 0.3) is 0 Å². The summed E-state index contributed by atoms with van der Waals surface area (Å²) < 4.78 is 0. The summed E-state index contributed by atoms with van der Waals surface area (Å²) >= 11 is 0. The number of unbranched alkanes of at least 4 members (excludes halogenated alkanes) is 1. The van der Waals surface area contributed by atoms with Gasteiger partial charge in [0.1, 0.15) is 5.78 Å². The van der Waals surface area contributed by atoms with E-state index in [1.165, 1.54) is 38.5 Å². The summed E-state index contributed by atoms with van der Waals surface area (Å²) in [5.74, 6) is 1.78. The zero-order valence-electron chi connectivity index (χ0n) is 9.72. The van der Waals surface area contributed by atoms with E-state index in [-0.39, 0.29) is 0 Å². The Hall–Kier alpha value is -0.330.